The molecule has 0 saturated carbocycles. The smallest absolute Gasteiger partial charge is 0.223 e. The second-order valence-corrected chi connectivity index (χ2v) is 5.48. The van der Waals surface area contributed by atoms with Gasteiger partial charge in [-0.05, 0) is 35.2 Å². The van der Waals surface area contributed by atoms with Crippen LogP contribution in [0.3, 0.4) is 0 Å². The van der Waals surface area contributed by atoms with Gasteiger partial charge in [0.15, 0.2) is 0 Å². The van der Waals surface area contributed by atoms with Crippen LogP contribution in [0, 0.1) is 0 Å². The molecule has 94 valence electrons. The van der Waals surface area contributed by atoms with Gasteiger partial charge in [0.25, 0.3) is 0 Å². The Balaban J connectivity index is 1.95. The summed E-state index contributed by atoms with van der Waals surface area (Å²) in [6, 6.07) is 4.32. The van der Waals surface area contributed by atoms with Crippen molar-refractivity contribution in [2.75, 3.05) is 17.2 Å². The lowest BCUT2D eigenvalue weighted by Gasteiger charge is -2.25. The molecule has 4 nitrogen and oxygen atoms in total. The zero-order valence-corrected chi connectivity index (χ0v) is 11.3. The molecule has 3 heterocycles. The van der Waals surface area contributed by atoms with Crippen molar-refractivity contribution < 1.29 is 0 Å². The van der Waals surface area contributed by atoms with E-state index in [1.807, 2.05) is 0 Å². The quantitative estimate of drug-likeness (QED) is 0.859. The fourth-order valence-electron chi connectivity index (χ4n) is 2.42. The Labute approximate surface area is 114 Å². The molecule has 1 saturated heterocycles. The minimum Gasteiger partial charge on any atom is -0.368 e. The highest BCUT2D eigenvalue weighted by atomic mass is 35.5. The average molecular weight is 281 g/mol. The fraction of sp³-hybridized carbons (Fsp3) is 0.333. The predicted molar refractivity (Wildman–Crippen MR) is 75.1 cm³/mol. The molecule has 18 heavy (non-hydrogen) atoms. The maximum absolute atomic E-state index is 5.95. The minimum absolute atomic E-state index is 0.230. The third-order valence-electron chi connectivity index (χ3n) is 3.17. The molecule has 0 amide bonds. The minimum atomic E-state index is 0.230. The van der Waals surface area contributed by atoms with E-state index in [4.69, 9.17) is 17.3 Å². The topological polar surface area (TPSA) is 55.0 Å². The van der Waals surface area contributed by atoms with Gasteiger partial charge in [-0.2, -0.15) is 16.3 Å². The van der Waals surface area contributed by atoms with Crippen molar-refractivity contribution >= 4 is 34.7 Å². The Bertz CT molecular complexity index is 523. The Morgan fingerprint density at radius 2 is 2.33 bits per heavy atom. The average Bonchev–Trinajstić information content (AvgIpc) is 2.98. The van der Waals surface area contributed by atoms with E-state index in [2.05, 4.69) is 31.7 Å². The Morgan fingerprint density at radius 3 is 3.06 bits per heavy atom. The molecule has 2 aromatic heterocycles. The highest BCUT2D eigenvalue weighted by Crippen LogP contribution is 2.36. The van der Waals surface area contributed by atoms with Crippen LogP contribution in [0.2, 0.25) is 5.15 Å². The molecular formula is C12H13ClN4S. The number of halogens is 1. The number of anilines is 2. The zero-order valence-electron chi connectivity index (χ0n) is 9.71. The maximum Gasteiger partial charge on any atom is 0.223 e. The molecule has 0 bridgehead atoms. The number of nitrogens with two attached hydrogens (primary N) is 1. The molecule has 1 fully saturated rings. The number of rotatable bonds is 2. The van der Waals surface area contributed by atoms with E-state index < -0.39 is 0 Å². The highest BCUT2D eigenvalue weighted by molar-refractivity contribution is 7.08. The molecule has 0 unspecified atom stereocenters. The largest absolute Gasteiger partial charge is 0.368 e. The molecule has 2 aromatic rings. The van der Waals surface area contributed by atoms with Crippen LogP contribution >= 0.6 is 22.9 Å². The first kappa shape index (κ1) is 11.7. The molecule has 0 aliphatic carbocycles. The Morgan fingerprint density at radius 1 is 1.44 bits per heavy atom. The second-order valence-electron chi connectivity index (χ2n) is 4.32. The van der Waals surface area contributed by atoms with Crippen molar-refractivity contribution in [2.45, 2.75) is 18.9 Å². The van der Waals surface area contributed by atoms with E-state index in [1.165, 1.54) is 5.56 Å². The summed E-state index contributed by atoms with van der Waals surface area (Å²) in [7, 11) is 0. The monoisotopic (exact) mass is 280 g/mol. The van der Waals surface area contributed by atoms with Gasteiger partial charge in [0, 0.05) is 12.6 Å². The third kappa shape index (κ3) is 2.15. The van der Waals surface area contributed by atoms with E-state index in [9.17, 15) is 0 Å². The zero-order chi connectivity index (χ0) is 12.5. The van der Waals surface area contributed by atoms with Gasteiger partial charge < -0.3 is 10.6 Å². The third-order valence-corrected chi connectivity index (χ3v) is 4.07. The van der Waals surface area contributed by atoms with Gasteiger partial charge >= 0.3 is 0 Å². The molecule has 1 aliphatic heterocycles. The van der Waals surface area contributed by atoms with Crippen LogP contribution < -0.4 is 10.6 Å². The first-order valence-corrected chi connectivity index (χ1v) is 7.15. The summed E-state index contributed by atoms with van der Waals surface area (Å²) < 4.78 is 0. The van der Waals surface area contributed by atoms with Crippen LogP contribution in [0.15, 0.2) is 22.9 Å². The first-order chi connectivity index (χ1) is 8.74. The van der Waals surface area contributed by atoms with Gasteiger partial charge in [0.05, 0.1) is 6.04 Å². The summed E-state index contributed by atoms with van der Waals surface area (Å²) in [6.07, 6.45) is 2.29. The van der Waals surface area contributed by atoms with Crippen LogP contribution in [0.4, 0.5) is 11.8 Å². The molecule has 1 aliphatic rings. The van der Waals surface area contributed by atoms with Crippen molar-refractivity contribution in [3.63, 3.8) is 0 Å². The number of hydrogen-bond donors (Lipinski definition) is 1. The van der Waals surface area contributed by atoms with Crippen LogP contribution in [0.25, 0.3) is 0 Å². The molecule has 1 atom stereocenters. The van der Waals surface area contributed by atoms with Gasteiger partial charge in [-0.3, -0.25) is 0 Å². The Hall–Kier alpha value is -1.33. The van der Waals surface area contributed by atoms with Crippen LogP contribution in [0.1, 0.15) is 24.4 Å². The van der Waals surface area contributed by atoms with Crippen molar-refractivity contribution in [3.05, 3.63) is 33.6 Å². The summed E-state index contributed by atoms with van der Waals surface area (Å²) >= 11 is 7.67. The van der Waals surface area contributed by atoms with E-state index in [-0.39, 0.29) is 5.95 Å². The van der Waals surface area contributed by atoms with Crippen LogP contribution in [-0.4, -0.2) is 16.5 Å². The molecule has 0 aromatic carbocycles. The standard InChI is InChI=1S/C12H13ClN4S/c13-10-6-11(16-12(14)15-10)17-4-1-2-9(17)8-3-5-18-7-8/h3,5-7,9H,1-2,4H2,(H2,14,15,16)/t9-/m1/s1. The van der Waals surface area contributed by atoms with Crippen LogP contribution in [-0.2, 0) is 0 Å². The van der Waals surface area contributed by atoms with Crippen molar-refractivity contribution in [1.29, 1.82) is 0 Å². The number of nitrogen functional groups attached to an aromatic ring is 1. The molecular weight excluding hydrogens is 268 g/mol. The maximum atomic E-state index is 5.95. The molecule has 0 spiro atoms. The van der Waals surface area contributed by atoms with E-state index in [1.54, 1.807) is 17.4 Å². The predicted octanol–water partition coefficient (Wildman–Crippen LogP) is 3.12. The fourth-order valence-corrected chi connectivity index (χ4v) is 3.31. The molecule has 2 N–H and O–H groups in total. The lowest BCUT2D eigenvalue weighted by Crippen LogP contribution is -2.23. The summed E-state index contributed by atoms with van der Waals surface area (Å²) in [6.45, 7) is 0.979. The molecule has 0 radical (unpaired) electrons. The number of nitrogens with zero attached hydrogens (tertiary/aromatic N) is 3. The summed E-state index contributed by atoms with van der Waals surface area (Å²) in [5.41, 5.74) is 7.00. The van der Waals surface area contributed by atoms with Gasteiger partial charge in [-0.1, -0.05) is 11.6 Å². The normalized spacial score (nSPS) is 19.4. The summed E-state index contributed by atoms with van der Waals surface area (Å²) in [5, 5.41) is 4.69. The van der Waals surface area contributed by atoms with E-state index in [0.29, 0.717) is 11.2 Å². The van der Waals surface area contributed by atoms with Gasteiger partial charge in [0.2, 0.25) is 5.95 Å². The van der Waals surface area contributed by atoms with Gasteiger partial charge in [0.1, 0.15) is 11.0 Å². The van der Waals surface area contributed by atoms with Crippen molar-refractivity contribution in [1.82, 2.24) is 9.97 Å². The lowest BCUT2D eigenvalue weighted by molar-refractivity contribution is 0.714. The van der Waals surface area contributed by atoms with Crippen molar-refractivity contribution in [3.8, 4) is 0 Å². The van der Waals surface area contributed by atoms with Gasteiger partial charge in [-0.15, -0.1) is 0 Å². The van der Waals surface area contributed by atoms with E-state index >= 15 is 0 Å². The van der Waals surface area contributed by atoms with Crippen molar-refractivity contribution in [2.24, 2.45) is 0 Å². The van der Waals surface area contributed by atoms with E-state index in [0.717, 1.165) is 25.2 Å². The number of thiophene rings is 1. The second kappa shape index (κ2) is 4.74. The molecule has 3 rings (SSSR count). The van der Waals surface area contributed by atoms with Gasteiger partial charge in [-0.25, -0.2) is 4.98 Å². The Kier molecular flexibility index (Phi) is 3.09. The summed E-state index contributed by atoms with van der Waals surface area (Å²) in [4.78, 5) is 10.4. The first-order valence-electron chi connectivity index (χ1n) is 5.83. The molecule has 6 heteroatoms. The SMILES string of the molecule is Nc1nc(Cl)cc(N2CCC[C@@H]2c2ccsc2)n1. The van der Waals surface area contributed by atoms with Crippen LogP contribution in [0.5, 0.6) is 0 Å². The highest BCUT2D eigenvalue weighted by Gasteiger charge is 2.27. The summed E-state index contributed by atoms with van der Waals surface area (Å²) in [5.74, 6) is 1.05. The number of aromatic nitrogens is 2. The number of hydrogen-bond acceptors (Lipinski definition) is 5. The lowest BCUT2D eigenvalue weighted by atomic mass is 10.1.